The fourth-order valence-electron chi connectivity index (χ4n) is 2.19. The van der Waals surface area contributed by atoms with Gasteiger partial charge >= 0.3 is 0 Å². The van der Waals surface area contributed by atoms with Crippen molar-refractivity contribution in [2.24, 2.45) is 0 Å². The van der Waals surface area contributed by atoms with Gasteiger partial charge in [0.25, 0.3) is 0 Å². The summed E-state index contributed by atoms with van der Waals surface area (Å²) in [5, 5.41) is 0.722. The maximum absolute atomic E-state index is 13.3. The first kappa shape index (κ1) is 19.1. The van der Waals surface area contributed by atoms with Crippen LogP contribution in [0.25, 0.3) is 0 Å². The van der Waals surface area contributed by atoms with E-state index in [1.807, 2.05) is 19.0 Å². The molecule has 0 amide bonds. The molecule has 8 heteroatoms. The molecular weight excluding hydrogens is 374 g/mol. The van der Waals surface area contributed by atoms with Crippen LogP contribution >= 0.6 is 23.2 Å². The highest BCUT2D eigenvalue weighted by Gasteiger charge is 2.23. The number of nitrogens with zero attached hydrogens (tertiary/aromatic N) is 1. The standard InChI is InChI=1S/C16H17Cl2FN2O2S/c1-21(2)10-16(11-6-7-14(17)15(18)8-11)20-24(22,23)13-5-3-4-12(19)9-13/h3-9,16,20H,10H2,1-2H3/t16-/m0/s1. The van der Waals surface area contributed by atoms with Crippen molar-refractivity contribution in [3.63, 3.8) is 0 Å². The van der Waals surface area contributed by atoms with E-state index in [2.05, 4.69) is 4.72 Å². The quantitative estimate of drug-likeness (QED) is 0.817. The molecule has 24 heavy (non-hydrogen) atoms. The minimum Gasteiger partial charge on any atom is -0.307 e. The summed E-state index contributed by atoms with van der Waals surface area (Å²) in [4.78, 5) is 1.70. The Bertz CT molecular complexity index is 829. The first-order valence-electron chi connectivity index (χ1n) is 7.06. The lowest BCUT2D eigenvalue weighted by Crippen LogP contribution is -2.35. The first-order chi connectivity index (χ1) is 11.2. The van der Waals surface area contributed by atoms with Crippen molar-refractivity contribution in [1.82, 2.24) is 9.62 Å². The molecule has 130 valence electrons. The number of nitrogens with one attached hydrogen (secondary N) is 1. The predicted octanol–water partition coefficient (Wildman–Crippen LogP) is 3.71. The molecule has 0 aliphatic heterocycles. The maximum Gasteiger partial charge on any atom is 0.241 e. The van der Waals surface area contributed by atoms with Gasteiger partial charge in [0.2, 0.25) is 10.0 Å². The third-order valence-electron chi connectivity index (χ3n) is 3.30. The van der Waals surface area contributed by atoms with Gasteiger partial charge in [-0.3, -0.25) is 0 Å². The SMILES string of the molecule is CN(C)C[C@H](NS(=O)(=O)c1cccc(F)c1)c1ccc(Cl)c(Cl)c1. The van der Waals surface area contributed by atoms with E-state index in [-0.39, 0.29) is 4.90 Å². The molecule has 0 saturated carbocycles. The van der Waals surface area contributed by atoms with Crippen LogP contribution in [0.5, 0.6) is 0 Å². The van der Waals surface area contributed by atoms with Crippen molar-refractivity contribution in [1.29, 1.82) is 0 Å². The number of hydrogen-bond donors (Lipinski definition) is 1. The molecule has 0 saturated heterocycles. The molecule has 1 atom stereocenters. The highest BCUT2D eigenvalue weighted by Crippen LogP contribution is 2.27. The van der Waals surface area contributed by atoms with Gasteiger partial charge in [0, 0.05) is 6.54 Å². The Kier molecular flexibility index (Phi) is 6.22. The van der Waals surface area contributed by atoms with E-state index in [9.17, 15) is 12.8 Å². The van der Waals surface area contributed by atoms with Crippen molar-refractivity contribution in [3.05, 3.63) is 63.9 Å². The van der Waals surface area contributed by atoms with Crippen molar-refractivity contribution >= 4 is 33.2 Å². The zero-order valence-electron chi connectivity index (χ0n) is 13.1. The van der Waals surface area contributed by atoms with Gasteiger partial charge in [-0.2, -0.15) is 0 Å². The molecule has 2 aromatic rings. The molecule has 0 bridgehead atoms. The highest BCUT2D eigenvalue weighted by atomic mass is 35.5. The second-order valence-corrected chi connectivity index (χ2v) is 8.10. The van der Waals surface area contributed by atoms with Crippen LogP contribution in [0.2, 0.25) is 10.0 Å². The molecule has 2 rings (SSSR count). The molecule has 0 aliphatic carbocycles. The summed E-state index contributed by atoms with van der Waals surface area (Å²) in [6, 6.07) is 9.22. The van der Waals surface area contributed by atoms with Crippen LogP contribution in [0.1, 0.15) is 11.6 Å². The van der Waals surface area contributed by atoms with Gasteiger partial charge in [-0.15, -0.1) is 0 Å². The van der Waals surface area contributed by atoms with Gasteiger partial charge in [-0.05, 0) is 50.0 Å². The average molecular weight is 391 g/mol. The summed E-state index contributed by atoms with van der Waals surface area (Å²) in [7, 11) is -0.251. The summed E-state index contributed by atoms with van der Waals surface area (Å²) in [6.45, 7) is 0.395. The van der Waals surface area contributed by atoms with Crippen LogP contribution in [-0.4, -0.2) is 34.0 Å². The Morgan fingerprint density at radius 3 is 2.42 bits per heavy atom. The first-order valence-corrected chi connectivity index (χ1v) is 9.30. The number of benzene rings is 2. The van der Waals surface area contributed by atoms with Crippen molar-refractivity contribution < 1.29 is 12.8 Å². The molecule has 0 fully saturated rings. The van der Waals surface area contributed by atoms with Crippen LogP contribution in [0.4, 0.5) is 4.39 Å². The third-order valence-corrected chi connectivity index (χ3v) is 5.51. The smallest absolute Gasteiger partial charge is 0.241 e. The number of likely N-dealkylation sites (N-methyl/N-ethyl adjacent to an activating group) is 1. The second kappa shape index (κ2) is 7.80. The van der Waals surface area contributed by atoms with Crippen molar-refractivity contribution in [2.75, 3.05) is 20.6 Å². The average Bonchev–Trinajstić information content (AvgIpc) is 2.48. The van der Waals surface area contributed by atoms with E-state index >= 15 is 0 Å². The number of rotatable bonds is 6. The minimum atomic E-state index is -3.89. The Hall–Kier alpha value is -1.18. The lowest BCUT2D eigenvalue weighted by molar-refractivity contribution is 0.363. The molecule has 0 unspecified atom stereocenters. The number of halogens is 3. The summed E-state index contributed by atoms with van der Waals surface area (Å²) < 4.78 is 41.0. The van der Waals surface area contributed by atoms with E-state index in [1.165, 1.54) is 18.2 Å². The fourth-order valence-corrected chi connectivity index (χ4v) is 3.75. The van der Waals surface area contributed by atoms with Crippen LogP contribution in [0.15, 0.2) is 47.4 Å². The molecule has 0 spiro atoms. The van der Waals surface area contributed by atoms with Gasteiger partial charge in [-0.25, -0.2) is 17.5 Å². The molecule has 1 N–H and O–H groups in total. The highest BCUT2D eigenvalue weighted by molar-refractivity contribution is 7.89. The molecular formula is C16H17Cl2FN2O2S. The van der Waals surface area contributed by atoms with E-state index < -0.39 is 21.9 Å². The molecule has 2 aromatic carbocycles. The summed E-state index contributed by atoms with van der Waals surface area (Å²) in [5.41, 5.74) is 0.665. The van der Waals surface area contributed by atoms with E-state index in [0.29, 0.717) is 22.2 Å². The monoisotopic (exact) mass is 390 g/mol. The molecule has 0 heterocycles. The predicted molar refractivity (Wildman–Crippen MR) is 94.5 cm³/mol. The zero-order valence-corrected chi connectivity index (χ0v) is 15.5. The normalized spacial score (nSPS) is 13.2. The van der Waals surface area contributed by atoms with Crippen LogP contribution in [-0.2, 0) is 10.0 Å². The Labute approximate surface area is 151 Å². The maximum atomic E-state index is 13.3. The fraction of sp³-hybridized carbons (Fsp3) is 0.250. The molecule has 0 radical (unpaired) electrons. The summed E-state index contributed by atoms with van der Waals surface area (Å²) in [5.74, 6) is -0.614. The number of sulfonamides is 1. The lowest BCUT2D eigenvalue weighted by Gasteiger charge is -2.23. The largest absolute Gasteiger partial charge is 0.307 e. The van der Waals surface area contributed by atoms with Crippen molar-refractivity contribution in [2.45, 2.75) is 10.9 Å². The van der Waals surface area contributed by atoms with Gasteiger partial charge in [-0.1, -0.05) is 35.3 Å². The lowest BCUT2D eigenvalue weighted by atomic mass is 10.1. The van der Waals surface area contributed by atoms with Gasteiger partial charge in [0.05, 0.1) is 21.0 Å². The third kappa shape index (κ3) is 4.91. The zero-order chi connectivity index (χ0) is 17.9. The summed E-state index contributed by atoms with van der Waals surface area (Å²) >= 11 is 11.9. The number of hydrogen-bond acceptors (Lipinski definition) is 3. The van der Waals surface area contributed by atoms with Gasteiger partial charge in [0.1, 0.15) is 5.82 Å². The van der Waals surface area contributed by atoms with E-state index in [1.54, 1.807) is 18.2 Å². The molecule has 4 nitrogen and oxygen atoms in total. The second-order valence-electron chi connectivity index (χ2n) is 5.57. The Morgan fingerprint density at radius 2 is 1.83 bits per heavy atom. The molecule has 0 aliphatic rings. The topological polar surface area (TPSA) is 49.4 Å². The van der Waals surface area contributed by atoms with Gasteiger partial charge in [0.15, 0.2) is 0 Å². The van der Waals surface area contributed by atoms with E-state index in [0.717, 1.165) is 6.07 Å². The Morgan fingerprint density at radius 1 is 1.12 bits per heavy atom. The minimum absolute atomic E-state index is 0.133. The van der Waals surface area contributed by atoms with Gasteiger partial charge < -0.3 is 4.90 Å². The van der Waals surface area contributed by atoms with Crippen LogP contribution in [0.3, 0.4) is 0 Å². The van der Waals surface area contributed by atoms with Crippen LogP contribution < -0.4 is 4.72 Å². The van der Waals surface area contributed by atoms with Crippen LogP contribution in [0, 0.1) is 5.82 Å². The Balaban J connectivity index is 2.36. The van der Waals surface area contributed by atoms with E-state index in [4.69, 9.17) is 23.2 Å². The summed E-state index contributed by atoms with van der Waals surface area (Å²) in [6.07, 6.45) is 0. The van der Waals surface area contributed by atoms with Crippen molar-refractivity contribution in [3.8, 4) is 0 Å². The molecule has 0 aromatic heterocycles.